The Morgan fingerprint density at radius 3 is 2.53 bits per heavy atom. The van der Waals surface area contributed by atoms with E-state index < -0.39 is 0 Å². The molecule has 1 rings (SSSR count). The average Bonchev–Trinajstić information content (AvgIpc) is 2.35. The predicted molar refractivity (Wildman–Crippen MR) is 71.4 cm³/mol. The van der Waals surface area contributed by atoms with E-state index in [1.54, 1.807) is 36.4 Å². The first-order valence-electron chi connectivity index (χ1n) is 5.77. The summed E-state index contributed by atoms with van der Waals surface area (Å²) in [6.45, 7) is 2.15. The molecule has 1 aromatic rings. The number of phenolic OH excluding ortho intramolecular Hbond substituents is 1. The molecule has 1 nitrogen and oxygen atoms in total. The van der Waals surface area contributed by atoms with Crippen molar-refractivity contribution >= 4 is 0 Å². The quantitative estimate of drug-likeness (QED) is 0.602. The van der Waals surface area contributed by atoms with E-state index >= 15 is 0 Å². The van der Waals surface area contributed by atoms with E-state index in [1.165, 1.54) is 6.42 Å². The summed E-state index contributed by atoms with van der Waals surface area (Å²) in [6, 6.07) is 6.81. The summed E-state index contributed by atoms with van der Waals surface area (Å²) >= 11 is 0. The Morgan fingerprint density at radius 1 is 1.12 bits per heavy atom. The molecule has 86 valence electrons. The predicted octanol–water partition coefficient (Wildman–Crippen LogP) is 3.49. The molecule has 0 amide bonds. The van der Waals surface area contributed by atoms with Gasteiger partial charge < -0.3 is 5.11 Å². The summed E-state index contributed by atoms with van der Waals surface area (Å²) in [5, 5.41) is 9.09. The molecule has 0 aliphatic carbocycles. The lowest BCUT2D eigenvalue weighted by Crippen LogP contribution is -1.71. The van der Waals surface area contributed by atoms with Gasteiger partial charge in [0.15, 0.2) is 0 Å². The Morgan fingerprint density at radius 2 is 1.82 bits per heavy atom. The van der Waals surface area contributed by atoms with Gasteiger partial charge in [0, 0.05) is 12.0 Å². The van der Waals surface area contributed by atoms with Crippen molar-refractivity contribution in [2.24, 2.45) is 0 Å². The fraction of sp³-hybridized carbons (Fsp3) is 0.250. The molecule has 1 N–H and O–H groups in total. The van der Waals surface area contributed by atoms with Crippen LogP contribution in [0.4, 0.5) is 0 Å². The second-order valence-electron chi connectivity index (χ2n) is 3.57. The molecule has 0 aliphatic heterocycles. The van der Waals surface area contributed by atoms with E-state index in [4.69, 9.17) is 5.11 Å². The maximum absolute atomic E-state index is 9.09. The number of aromatic hydroxyl groups is 1. The monoisotopic (exact) mass is 224 g/mol. The number of benzene rings is 1. The molecule has 0 radical (unpaired) electrons. The molecule has 0 aliphatic rings. The third-order valence-corrected chi connectivity index (χ3v) is 2.09. The van der Waals surface area contributed by atoms with Crippen LogP contribution in [0.5, 0.6) is 5.75 Å². The third-order valence-electron chi connectivity index (χ3n) is 2.09. The number of rotatable bonds is 2. The van der Waals surface area contributed by atoms with Crippen LogP contribution in [0.2, 0.25) is 0 Å². The maximum Gasteiger partial charge on any atom is 0.115 e. The van der Waals surface area contributed by atoms with Gasteiger partial charge in [-0.25, -0.2) is 0 Å². The SMILES string of the molecule is CCCCC#CC=CC#Cc1ccc(O)cc1. The van der Waals surface area contributed by atoms with Gasteiger partial charge in [0.25, 0.3) is 0 Å². The summed E-state index contributed by atoms with van der Waals surface area (Å²) in [5.41, 5.74) is 0.881. The maximum atomic E-state index is 9.09. The standard InChI is InChI=1S/C16H16O/c1-2-3-4-5-6-7-8-9-10-15-11-13-16(17)14-12-15/h7-8,11-14,17H,2-4H2,1H3. The number of hydrogen-bond donors (Lipinski definition) is 1. The molecule has 0 bridgehead atoms. The van der Waals surface area contributed by atoms with E-state index in [9.17, 15) is 0 Å². The van der Waals surface area contributed by atoms with Crippen molar-refractivity contribution in [1.82, 2.24) is 0 Å². The Balaban J connectivity index is 2.42. The van der Waals surface area contributed by atoms with Crippen LogP contribution in [0.3, 0.4) is 0 Å². The molecule has 17 heavy (non-hydrogen) atoms. The minimum Gasteiger partial charge on any atom is -0.508 e. The van der Waals surface area contributed by atoms with Gasteiger partial charge in [0.05, 0.1) is 0 Å². The Bertz CT molecular complexity index is 472. The van der Waals surface area contributed by atoms with Crippen molar-refractivity contribution < 1.29 is 5.11 Å². The molecule has 1 heteroatoms. The lowest BCUT2D eigenvalue weighted by atomic mass is 10.2. The number of unbranched alkanes of at least 4 members (excludes halogenated alkanes) is 2. The van der Waals surface area contributed by atoms with Crippen molar-refractivity contribution in [2.75, 3.05) is 0 Å². The largest absolute Gasteiger partial charge is 0.508 e. The second-order valence-corrected chi connectivity index (χ2v) is 3.57. The third kappa shape index (κ3) is 6.13. The molecule has 1 aromatic carbocycles. The highest BCUT2D eigenvalue weighted by molar-refractivity contribution is 5.40. The fourth-order valence-electron chi connectivity index (χ4n) is 1.15. The molecule has 0 atom stereocenters. The summed E-state index contributed by atoms with van der Waals surface area (Å²) < 4.78 is 0. The number of hydrogen-bond acceptors (Lipinski definition) is 1. The average molecular weight is 224 g/mol. The highest BCUT2D eigenvalue weighted by atomic mass is 16.3. The van der Waals surface area contributed by atoms with Gasteiger partial charge in [0.2, 0.25) is 0 Å². The van der Waals surface area contributed by atoms with Crippen molar-refractivity contribution in [1.29, 1.82) is 0 Å². The van der Waals surface area contributed by atoms with Crippen LogP contribution in [0.15, 0.2) is 36.4 Å². The lowest BCUT2D eigenvalue weighted by Gasteiger charge is -1.89. The molecule has 0 unspecified atom stereocenters. The fourth-order valence-corrected chi connectivity index (χ4v) is 1.15. The topological polar surface area (TPSA) is 20.2 Å². The molecular formula is C16H16O. The Labute approximate surface area is 103 Å². The molecule has 0 heterocycles. The minimum atomic E-state index is 0.257. The highest BCUT2D eigenvalue weighted by Crippen LogP contribution is 2.08. The van der Waals surface area contributed by atoms with Gasteiger partial charge in [-0.2, -0.15) is 0 Å². The Hall–Kier alpha value is -2.12. The first-order chi connectivity index (χ1) is 8.33. The Kier molecular flexibility index (Phi) is 6.15. The zero-order valence-electron chi connectivity index (χ0n) is 10.0. The second kappa shape index (κ2) is 8.08. The van der Waals surface area contributed by atoms with E-state index in [-0.39, 0.29) is 5.75 Å². The lowest BCUT2D eigenvalue weighted by molar-refractivity contribution is 0.475. The van der Waals surface area contributed by atoms with Gasteiger partial charge in [-0.15, -0.1) is 0 Å². The van der Waals surface area contributed by atoms with Crippen LogP contribution in [0.1, 0.15) is 31.7 Å². The number of phenols is 1. The first kappa shape index (κ1) is 12.9. The zero-order chi connectivity index (χ0) is 12.3. The van der Waals surface area contributed by atoms with E-state index in [2.05, 4.69) is 30.6 Å². The minimum absolute atomic E-state index is 0.257. The van der Waals surface area contributed by atoms with Gasteiger partial charge >= 0.3 is 0 Å². The summed E-state index contributed by atoms with van der Waals surface area (Å²) in [5.74, 6) is 12.1. The molecule has 0 spiro atoms. The van der Waals surface area contributed by atoms with Crippen molar-refractivity contribution in [3.63, 3.8) is 0 Å². The van der Waals surface area contributed by atoms with Gasteiger partial charge in [-0.1, -0.05) is 37.0 Å². The summed E-state index contributed by atoms with van der Waals surface area (Å²) in [4.78, 5) is 0. The molecule has 0 saturated carbocycles. The molecule has 0 fully saturated rings. The molecule has 0 saturated heterocycles. The van der Waals surface area contributed by atoms with Crippen molar-refractivity contribution in [3.8, 4) is 29.4 Å². The van der Waals surface area contributed by atoms with Crippen LogP contribution in [0, 0.1) is 23.7 Å². The van der Waals surface area contributed by atoms with E-state index in [1.807, 2.05) is 0 Å². The summed E-state index contributed by atoms with van der Waals surface area (Å²) in [7, 11) is 0. The van der Waals surface area contributed by atoms with Crippen LogP contribution in [-0.2, 0) is 0 Å². The van der Waals surface area contributed by atoms with Crippen LogP contribution < -0.4 is 0 Å². The van der Waals surface area contributed by atoms with Gasteiger partial charge in [0.1, 0.15) is 5.75 Å². The van der Waals surface area contributed by atoms with Crippen molar-refractivity contribution in [2.45, 2.75) is 26.2 Å². The molecular weight excluding hydrogens is 208 g/mol. The summed E-state index contributed by atoms with van der Waals surface area (Å²) in [6.07, 6.45) is 6.79. The van der Waals surface area contributed by atoms with Crippen LogP contribution in [-0.4, -0.2) is 5.11 Å². The smallest absolute Gasteiger partial charge is 0.115 e. The highest BCUT2D eigenvalue weighted by Gasteiger charge is 1.85. The van der Waals surface area contributed by atoms with E-state index in [0.29, 0.717) is 0 Å². The first-order valence-corrected chi connectivity index (χ1v) is 5.77. The normalized spacial score (nSPS) is 9.24. The van der Waals surface area contributed by atoms with Gasteiger partial charge in [-0.05, 0) is 42.8 Å². The number of allylic oxidation sites excluding steroid dienone is 2. The van der Waals surface area contributed by atoms with Crippen LogP contribution in [0.25, 0.3) is 0 Å². The van der Waals surface area contributed by atoms with E-state index in [0.717, 1.165) is 18.4 Å². The van der Waals surface area contributed by atoms with Crippen molar-refractivity contribution in [3.05, 3.63) is 42.0 Å². The molecule has 0 aromatic heterocycles. The van der Waals surface area contributed by atoms with Crippen LogP contribution >= 0.6 is 0 Å². The zero-order valence-corrected chi connectivity index (χ0v) is 10.0. The van der Waals surface area contributed by atoms with Gasteiger partial charge in [-0.3, -0.25) is 0 Å².